The summed E-state index contributed by atoms with van der Waals surface area (Å²) in [7, 11) is 0. The molecule has 0 aromatic carbocycles. The number of unbranched alkanes of at least 4 members (excludes halogenated alkanes) is 2. The van der Waals surface area contributed by atoms with Gasteiger partial charge in [-0.05, 0) is 31.1 Å². The van der Waals surface area contributed by atoms with Crippen LogP contribution in [0.2, 0.25) is 0 Å². The molecular formula is C13H25I. The summed E-state index contributed by atoms with van der Waals surface area (Å²) in [5, 5.41) is 0. The first-order valence-electron chi connectivity index (χ1n) is 6.39. The zero-order chi connectivity index (χ0) is 10.3. The van der Waals surface area contributed by atoms with Crippen LogP contribution in [0.3, 0.4) is 0 Å². The van der Waals surface area contributed by atoms with Gasteiger partial charge < -0.3 is 0 Å². The predicted octanol–water partition coefficient (Wildman–Crippen LogP) is 5.34. The summed E-state index contributed by atoms with van der Waals surface area (Å²) in [6, 6.07) is 0. The van der Waals surface area contributed by atoms with Crippen LogP contribution in [-0.2, 0) is 0 Å². The van der Waals surface area contributed by atoms with Gasteiger partial charge in [0.25, 0.3) is 0 Å². The minimum Gasteiger partial charge on any atom is -0.0864 e. The first-order valence-corrected chi connectivity index (χ1v) is 7.91. The van der Waals surface area contributed by atoms with E-state index >= 15 is 0 Å². The Morgan fingerprint density at radius 3 is 2.29 bits per heavy atom. The Morgan fingerprint density at radius 1 is 1.00 bits per heavy atom. The van der Waals surface area contributed by atoms with Crippen molar-refractivity contribution in [2.75, 3.05) is 4.43 Å². The van der Waals surface area contributed by atoms with Crippen LogP contribution in [0, 0.1) is 5.41 Å². The topological polar surface area (TPSA) is 0 Å². The SMILES string of the molecule is CCCCCC1(CCI)CCCCC1. The molecule has 0 bridgehead atoms. The standard InChI is InChI=1S/C13H25I/c1-2-3-5-8-13(11-12-14)9-6-4-7-10-13/h2-12H2,1H3. The van der Waals surface area contributed by atoms with Crippen molar-refractivity contribution in [3.63, 3.8) is 0 Å². The molecule has 0 aromatic heterocycles. The molecule has 1 rings (SSSR count). The molecule has 84 valence electrons. The molecule has 0 heterocycles. The van der Waals surface area contributed by atoms with Crippen molar-refractivity contribution in [3.05, 3.63) is 0 Å². The van der Waals surface area contributed by atoms with Gasteiger partial charge >= 0.3 is 0 Å². The van der Waals surface area contributed by atoms with Crippen LogP contribution in [0.15, 0.2) is 0 Å². The van der Waals surface area contributed by atoms with Crippen LogP contribution >= 0.6 is 22.6 Å². The van der Waals surface area contributed by atoms with Crippen LogP contribution in [0.5, 0.6) is 0 Å². The summed E-state index contributed by atoms with van der Waals surface area (Å²) in [5.41, 5.74) is 0.772. The van der Waals surface area contributed by atoms with E-state index in [9.17, 15) is 0 Å². The second-order valence-electron chi connectivity index (χ2n) is 4.96. The Labute approximate surface area is 103 Å². The predicted molar refractivity (Wildman–Crippen MR) is 73.2 cm³/mol. The van der Waals surface area contributed by atoms with Gasteiger partial charge in [0, 0.05) is 4.43 Å². The zero-order valence-electron chi connectivity index (χ0n) is 9.66. The van der Waals surface area contributed by atoms with Crippen LogP contribution < -0.4 is 0 Å². The number of rotatable bonds is 6. The monoisotopic (exact) mass is 308 g/mol. The van der Waals surface area contributed by atoms with Crippen LogP contribution in [0.25, 0.3) is 0 Å². The number of hydrogen-bond acceptors (Lipinski definition) is 0. The Hall–Kier alpha value is 0.730. The second-order valence-corrected chi connectivity index (χ2v) is 6.04. The summed E-state index contributed by atoms with van der Waals surface area (Å²) >= 11 is 2.56. The summed E-state index contributed by atoms with van der Waals surface area (Å²) < 4.78 is 1.36. The maximum Gasteiger partial charge on any atom is 0.0000556 e. The smallest absolute Gasteiger partial charge is 0.0000556 e. The lowest BCUT2D eigenvalue weighted by Gasteiger charge is -2.37. The summed E-state index contributed by atoms with van der Waals surface area (Å²) in [5.74, 6) is 0. The Kier molecular flexibility index (Phi) is 6.47. The van der Waals surface area contributed by atoms with E-state index in [2.05, 4.69) is 29.5 Å². The molecule has 0 N–H and O–H groups in total. The average Bonchev–Trinajstić information content (AvgIpc) is 2.20. The van der Waals surface area contributed by atoms with E-state index in [1.807, 2.05) is 0 Å². The van der Waals surface area contributed by atoms with E-state index in [0.717, 1.165) is 5.41 Å². The fourth-order valence-corrected chi connectivity index (χ4v) is 4.02. The molecule has 14 heavy (non-hydrogen) atoms. The highest BCUT2D eigenvalue weighted by molar-refractivity contribution is 14.1. The summed E-state index contributed by atoms with van der Waals surface area (Å²) in [6.07, 6.45) is 14.9. The van der Waals surface area contributed by atoms with Crippen LogP contribution in [0.1, 0.15) is 71.1 Å². The van der Waals surface area contributed by atoms with Crippen LogP contribution in [-0.4, -0.2) is 4.43 Å². The van der Waals surface area contributed by atoms with Gasteiger partial charge in [0.15, 0.2) is 0 Å². The molecule has 0 atom stereocenters. The van der Waals surface area contributed by atoms with Crippen molar-refractivity contribution >= 4 is 22.6 Å². The Balaban J connectivity index is 2.34. The average molecular weight is 308 g/mol. The Bertz CT molecular complexity index is 131. The lowest BCUT2D eigenvalue weighted by Crippen LogP contribution is -2.24. The van der Waals surface area contributed by atoms with Gasteiger partial charge in [-0.3, -0.25) is 0 Å². The molecule has 0 nitrogen and oxygen atoms in total. The van der Waals surface area contributed by atoms with Gasteiger partial charge in [0.1, 0.15) is 0 Å². The first kappa shape index (κ1) is 12.8. The fraction of sp³-hybridized carbons (Fsp3) is 1.00. The highest BCUT2D eigenvalue weighted by Gasteiger charge is 2.30. The van der Waals surface area contributed by atoms with E-state index in [0.29, 0.717) is 0 Å². The number of alkyl halides is 1. The molecular weight excluding hydrogens is 283 g/mol. The maximum atomic E-state index is 2.56. The van der Waals surface area contributed by atoms with Crippen LogP contribution in [0.4, 0.5) is 0 Å². The third kappa shape index (κ3) is 4.08. The van der Waals surface area contributed by atoms with E-state index in [1.165, 1.54) is 68.6 Å². The highest BCUT2D eigenvalue weighted by Crippen LogP contribution is 2.43. The van der Waals surface area contributed by atoms with Gasteiger partial charge in [0.2, 0.25) is 0 Å². The maximum absolute atomic E-state index is 2.56. The first-order chi connectivity index (χ1) is 6.83. The third-order valence-electron chi connectivity index (χ3n) is 3.85. The van der Waals surface area contributed by atoms with Gasteiger partial charge in [-0.1, -0.05) is 68.0 Å². The molecule has 1 saturated carbocycles. The van der Waals surface area contributed by atoms with Crippen molar-refractivity contribution < 1.29 is 0 Å². The third-order valence-corrected chi connectivity index (χ3v) is 4.39. The summed E-state index contributed by atoms with van der Waals surface area (Å²) in [4.78, 5) is 0. The molecule has 0 radical (unpaired) electrons. The van der Waals surface area contributed by atoms with Gasteiger partial charge in [0.05, 0.1) is 0 Å². The van der Waals surface area contributed by atoms with Crippen molar-refractivity contribution in [2.45, 2.75) is 71.1 Å². The van der Waals surface area contributed by atoms with Crippen molar-refractivity contribution in [1.29, 1.82) is 0 Å². The number of halogens is 1. The van der Waals surface area contributed by atoms with E-state index in [-0.39, 0.29) is 0 Å². The summed E-state index contributed by atoms with van der Waals surface area (Å²) in [6.45, 7) is 2.31. The van der Waals surface area contributed by atoms with E-state index < -0.39 is 0 Å². The van der Waals surface area contributed by atoms with Gasteiger partial charge in [-0.25, -0.2) is 0 Å². The van der Waals surface area contributed by atoms with Crippen molar-refractivity contribution in [1.82, 2.24) is 0 Å². The molecule has 1 aliphatic rings. The zero-order valence-corrected chi connectivity index (χ0v) is 11.8. The molecule has 1 fully saturated rings. The van der Waals surface area contributed by atoms with E-state index in [1.54, 1.807) is 0 Å². The van der Waals surface area contributed by atoms with Gasteiger partial charge in [-0.2, -0.15) is 0 Å². The van der Waals surface area contributed by atoms with Gasteiger partial charge in [-0.15, -0.1) is 0 Å². The lowest BCUT2D eigenvalue weighted by atomic mass is 9.69. The van der Waals surface area contributed by atoms with Crippen molar-refractivity contribution in [3.8, 4) is 0 Å². The molecule has 0 aliphatic heterocycles. The molecule has 0 amide bonds. The molecule has 0 unspecified atom stereocenters. The molecule has 0 spiro atoms. The molecule has 1 aliphatic carbocycles. The molecule has 0 saturated heterocycles. The largest absolute Gasteiger partial charge is 0.0864 e. The Morgan fingerprint density at radius 2 is 1.71 bits per heavy atom. The fourth-order valence-electron chi connectivity index (χ4n) is 2.88. The second kappa shape index (κ2) is 7.08. The van der Waals surface area contributed by atoms with Crippen molar-refractivity contribution in [2.24, 2.45) is 5.41 Å². The minimum absolute atomic E-state index is 0.772. The van der Waals surface area contributed by atoms with E-state index in [4.69, 9.17) is 0 Å². The highest BCUT2D eigenvalue weighted by atomic mass is 127. The minimum atomic E-state index is 0.772. The lowest BCUT2D eigenvalue weighted by molar-refractivity contribution is 0.162. The molecule has 1 heteroatoms. The quantitative estimate of drug-likeness (QED) is 0.353. The molecule has 0 aromatic rings. The number of hydrogen-bond donors (Lipinski definition) is 0. The normalized spacial score (nSPS) is 21.0.